The number of ether oxygens (including phenoxy) is 1. The number of rotatable bonds is 5. The van der Waals surface area contributed by atoms with Crippen LogP contribution in [0.25, 0.3) is 0 Å². The van der Waals surface area contributed by atoms with Crippen LogP contribution < -0.4 is 5.32 Å². The van der Waals surface area contributed by atoms with Gasteiger partial charge in [0.2, 0.25) is 0 Å². The summed E-state index contributed by atoms with van der Waals surface area (Å²) < 4.78 is 56.9. The Hall–Kier alpha value is -1.14. The number of halogens is 4. The van der Waals surface area contributed by atoms with Crippen molar-refractivity contribution in [2.24, 2.45) is 0 Å². The summed E-state index contributed by atoms with van der Waals surface area (Å²) in [6, 6.07) is 2.55. The highest BCUT2D eigenvalue weighted by Gasteiger charge is 2.36. The zero-order valence-corrected chi connectivity index (χ0v) is 11.9. The van der Waals surface area contributed by atoms with Crippen molar-refractivity contribution in [2.45, 2.75) is 38.6 Å². The molecule has 1 unspecified atom stereocenters. The molecule has 1 aromatic rings. The molecule has 0 saturated carbocycles. The molecule has 0 radical (unpaired) electrons. The van der Waals surface area contributed by atoms with Crippen molar-refractivity contribution in [3.8, 4) is 0 Å². The molecule has 0 heterocycles. The molecule has 1 atom stereocenters. The van der Waals surface area contributed by atoms with E-state index in [4.69, 9.17) is 4.74 Å². The number of nitrogens with one attached hydrogen (secondary N) is 1. The quantitative estimate of drug-likeness (QED) is 0.831. The Labute approximate surface area is 116 Å². The number of likely N-dealkylation sites (N-methyl/N-ethyl adjacent to an activating group) is 1. The molecule has 0 aliphatic carbocycles. The molecule has 1 rings (SSSR count). The fraction of sp³-hybridized carbons (Fsp3) is 0.571. The third kappa shape index (κ3) is 3.70. The number of hydrogen-bond acceptors (Lipinski definition) is 2. The second kappa shape index (κ2) is 6.10. The first kappa shape index (κ1) is 16.9. The van der Waals surface area contributed by atoms with E-state index < -0.39 is 29.2 Å². The van der Waals surface area contributed by atoms with E-state index in [0.717, 1.165) is 12.1 Å². The molecule has 1 aromatic carbocycles. The Morgan fingerprint density at radius 3 is 2.30 bits per heavy atom. The van der Waals surface area contributed by atoms with E-state index in [1.54, 1.807) is 13.8 Å². The van der Waals surface area contributed by atoms with Crippen LogP contribution in [0.5, 0.6) is 0 Å². The number of alkyl halides is 3. The van der Waals surface area contributed by atoms with Gasteiger partial charge >= 0.3 is 6.18 Å². The Bertz CT molecular complexity index is 457. The third-order valence-electron chi connectivity index (χ3n) is 3.26. The first-order chi connectivity index (χ1) is 9.13. The van der Waals surface area contributed by atoms with E-state index in [9.17, 15) is 17.6 Å². The maximum Gasteiger partial charge on any atom is 0.419 e. The van der Waals surface area contributed by atoms with E-state index in [1.165, 1.54) is 13.2 Å². The summed E-state index contributed by atoms with van der Waals surface area (Å²) in [5.74, 6) is -1.27. The fourth-order valence-corrected chi connectivity index (χ4v) is 2.03. The van der Waals surface area contributed by atoms with Gasteiger partial charge in [-0.05, 0) is 38.1 Å². The number of hydrogen-bond donors (Lipinski definition) is 1. The molecule has 114 valence electrons. The Balaban J connectivity index is 3.29. The SMILES string of the molecule is CCNC(c1ccc(F)c(C(F)(F)F)c1)C(C)(C)OC. The Kier molecular flexibility index (Phi) is 5.15. The molecule has 0 aliphatic heterocycles. The first-order valence-electron chi connectivity index (χ1n) is 6.28. The van der Waals surface area contributed by atoms with Crippen LogP contribution in [-0.2, 0) is 10.9 Å². The van der Waals surface area contributed by atoms with Gasteiger partial charge in [-0.25, -0.2) is 4.39 Å². The van der Waals surface area contributed by atoms with Crippen LogP contribution in [0.1, 0.15) is 37.9 Å². The van der Waals surface area contributed by atoms with Crippen molar-refractivity contribution in [2.75, 3.05) is 13.7 Å². The van der Waals surface area contributed by atoms with Crippen molar-refractivity contribution in [1.82, 2.24) is 5.32 Å². The van der Waals surface area contributed by atoms with Crippen LogP contribution in [0.15, 0.2) is 18.2 Å². The minimum Gasteiger partial charge on any atom is -0.377 e. The summed E-state index contributed by atoms with van der Waals surface area (Å²) in [6.45, 7) is 5.91. The lowest BCUT2D eigenvalue weighted by atomic mass is 9.90. The summed E-state index contributed by atoms with van der Waals surface area (Å²) in [5, 5.41) is 3.07. The second-order valence-electron chi connectivity index (χ2n) is 5.04. The standard InChI is InChI=1S/C14H19F4NO/c1-5-19-12(13(2,3)20-4)9-6-7-11(15)10(8-9)14(16,17)18/h6-8,12,19H,5H2,1-4H3. The minimum absolute atomic E-state index is 0.340. The van der Waals surface area contributed by atoms with Crippen LogP contribution >= 0.6 is 0 Å². The molecule has 0 amide bonds. The molecule has 0 spiro atoms. The van der Waals surface area contributed by atoms with Gasteiger partial charge in [-0.2, -0.15) is 13.2 Å². The van der Waals surface area contributed by atoms with Crippen molar-refractivity contribution in [3.05, 3.63) is 35.1 Å². The molecule has 0 aromatic heterocycles. The highest BCUT2D eigenvalue weighted by molar-refractivity contribution is 5.31. The van der Waals surface area contributed by atoms with E-state index in [2.05, 4.69) is 5.32 Å². The average molecular weight is 293 g/mol. The molecule has 0 saturated heterocycles. The molecule has 2 nitrogen and oxygen atoms in total. The van der Waals surface area contributed by atoms with Crippen LogP contribution in [-0.4, -0.2) is 19.3 Å². The van der Waals surface area contributed by atoms with Gasteiger partial charge in [-0.15, -0.1) is 0 Å². The van der Waals surface area contributed by atoms with Crippen molar-refractivity contribution in [1.29, 1.82) is 0 Å². The van der Waals surface area contributed by atoms with E-state index in [1.807, 2.05) is 6.92 Å². The zero-order chi connectivity index (χ0) is 15.6. The molecular weight excluding hydrogens is 274 g/mol. The molecule has 20 heavy (non-hydrogen) atoms. The van der Waals surface area contributed by atoms with Crippen LogP contribution in [0.3, 0.4) is 0 Å². The summed E-state index contributed by atoms with van der Waals surface area (Å²) in [7, 11) is 1.48. The smallest absolute Gasteiger partial charge is 0.377 e. The first-order valence-corrected chi connectivity index (χ1v) is 6.28. The molecule has 6 heteroatoms. The molecule has 0 aliphatic rings. The Morgan fingerprint density at radius 2 is 1.85 bits per heavy atom. The highest BCUT2D eigenvalue weighted by Crippen LogP contribution is 2.35. The van der Waals surface area contributed by atoms with Gasteiger partial charge in [0.25, 0.3) is 0 Å². The summed E-state index contributed by atoms with van der Waals surface area (Å²) in [6.07, 6.45) is -4.71. The van der Waals surface area contributed by atoms with Crippen molar-refractivity contribution < 1.29 is 22.3 Å². The lowest BCUT2D eigenvalue weighted by Gasteiger charge is -2.34. The largest absolute Gasteiger partial charge is 0.419 e. The molecule has 0 bridgehead atoms. The normalized spacial score (nSPS) is 14.4. The lowest BCUT2D eigenvalue weighted by molar-refractivity contribution is -0.140. The molecular formula is C14H19F4NO. The monoisotopic (exact) mass is 293 g/mol. The second-order valence-corrected chi connectivity index (χ2v) is 5.04. The van der Waals surface area contributed by atoms with Gasteiger partial charge in [-0.1, -0.05) is 13.0 Å². The predicted octanol–water partition coefficient (Wildman–Crippen LogP) is 3.92. The van der Waals surface area contributed by atoms with Gasteiger partial charge in [0.05, 0.1) is 17.2 Å². The highest BCUT2D eigenvalue weighted by atomic mass is 19.4. The zero-order valence-electron chi connectivity index (χ0n) is 11.9. The van der Waals surface area contributed by atoms with Gasteiger partial charge in [0, 0.05) is 7.11 Å². The van der Waals surface area contributed by atoms with Crippen molar-refractivity contribution >= 4 is 0 Å². The van der Waals surface area contributed by atoms with Gasteiger partial charge in [0.15, 0.2) is 0 Å². The summed E-state index contributed by atoms with van der Waals surface area (Å²) >= 11 is 0. The molecule has 1 N–H and O–H groups in total. The van der Waals surface area contributed by atoms with Gasteiger partial charge < -0.3 is 10.1 Å². The summed E-state index contributed by atoms with van der Waals surface area (Å²) in [4.78, 5) is 0. The summed E-state index contributed by atoms with van der Waals surface area (Å²) in [5.41, 5.74) is -1.64. The van der Waals surface area contributed by atoms with Crippen molar-refractivity contribution in [3.63, 3.8) is 0 Å². The number of methoxy groups -OCH3 is 1. The van der Waals surface area contributed by atoms with Crippen LogP contribution in [0, 0.1) is 5.82 Å². The topological polar surface area (TPSA) is 21.3 Å². The van der Waals surface area contributed by atoms with Crippen LogP contribution in [0.4, 0.5) is 17.6 Å². The fourth-order valence-electron chi connectivity index (χ4n) is 2.03. The molecule has 0 fully saturated rings. The van der Waals surface area contributed by atoms with E-state index >= 15 is 0 Å². The maximum atomic E-state index is 13.3. The lowest BCUT2D eigenvalue weighted by Crippen LogP contribution is -2.41. The Morgan fingerprint density at radius 1 is 1.25 bits per heavy atom. The van der Waals surface area contributed by atoms with E-state index in [0.29, 0.717) is 12.1 Å². The van der Waals surface area contributed by atoms with Gasteiger partial charge in [-0.3, -0.25) is 0 Å². The van der Waals surface area contributed by atoms with Crippen LogP contribution in [0.2, 0.25) is 0 Å². The average Bonchev–Trinajstić information content (AvgIpc) is 2.35. The minimum atomic E-state index is -4.71. The predicted molar refractivity (Wildman–Crippen MR) is 68.9 cm³/mol. The number of benzene rings is 1. The third-order valence-corrected chi connectivity index (χ3v) is 3.26. The maximum absolute atomic E-state index is 13.3. The van der Waals surface area contributed by atoms with Gasteiger partial charge in [0.1, 0.15) is 5.82 Å². The van der Waals surface area contributed by atoms with E-state index in [-0.39, 0.29) is 0 Å².